The van der Waals surface area contributed by atoms with Crippen LogP contribution in [-0.2, 0) is 4.79 Å². The molecular weight excluding hydrogens is 118 g/mol. The van der Waals surface area contributed by atoms with Gasteiger partial charge in [0.05, 0.1) is 0 Å². The van der Waals surface area contributed by atoms with Crippen LogP contribution in [0, 0.1) is 11.8 Å². The van der Waals surface area contributed by atoms with Crippen molar-refractivity contribution in [2.45, 2.75) is 19.4 Å². The summed E-state index contributed by atoms with van der Waals surface area (Å²) in [6, 6.07) is 0. The van der Waals surface area contributed by atoms with Crippen LogP contribution in [0.4, 0.5) is 0 Å². The van der Waals surface area contributed by atoms with Gasteiger partial charge >= 0.3 is 5.97 Å². The van der Waals surface area contributed by atoms with Gasteiger partial charge in [-0.2, -0.15) is 0 Å². The van der Waals surface area contributed by atoms with Crippen LogP contribution in [0.15, 0.2) is 0 Å². The number of carboxylic acid groups (broad SMARTS) is 1. The zero-order valence-corrected chi connectivity index (χ0v) is 5.43. The van der Waals surface area contributed by atoms with Crippen molar-refractivity contribution in [3.63, 3.8) is 0 Å². The number of aliphatic carboxylic acids is 1. The molecule has 0 aliphatic rings. The van der Waals surface area contributed by atoms with E-state index < -0.39 is 11.5 Å². The number of nitrogens with two attached hydrogens (primary N) is 1. The maximum absolute atomic E-state index is 10.2. The third-order valence-corrected chi connectivity index (χ3v) is 0.829. The molecule has 3 N–H and O–H groups in total. The molecule has 1 unspecified atom stereocenters. The molecule has 0 aliphatic heterocycles. The highest BCUT2D eigenvalue weighted by atomic mass is 16.4. The van der Waals surface area contributed by atoms with Crippen LogP contribution in [0.1, 0.15) is 13.8 Å². The highest BCUT2D eigenvalue weighted by molar-refractivity contribution is 5.82. The minimum atomic E-state index is -1.39. The van der Waals surface area contributed by atoms with Crippen molar-refractivity contribution >= 4 is 5.97 Å². The molecule has 0 bridgehead atoms. The van der Waals surface area contributed by atoms with Crippen LogP contribution in [0.25, 0.3) is 0 Å². The fourth-order valence-electron chi connectivity index (χ4n) is 0.313. The van der Waals surface area contributed by atoms with Crippen molar-refractivity contribution in [1.29, 1.82) is 0 Å². The Kier molecular flexibility index (Phi) is 2.23. The molecule has 0 saturated carbocycles. The molecule has 0 amide bonds. The summed E-state index contributed by atoms with van der Waals surface area (Å²) in [5.74, 6) is 3.68. The van der Waals surface area contributed by atoms with E-state index >= 15 is 0 Å². The van der Waals surface area contributed by atoms with E-state index in [0.29, 0.717) is 0 Å². The SMILES string of the molecule is CC#CC(C)(N)C(=O)O. The van der Waals surface area contributed by atoms with E-state index in [4.69, 9.17) is 10.8 Å². The van der Waals surface area contributed by atoms with E-state index in [1.165, 1.54) is 6.92 Å². The second kappa shape index (κ2) is 2.51. The number of hydrogen-bond acceptors (Lipinski definition) is 2. The normalized spacial score (nSPS) is 15.0. The number of carboxylic acids is 1. The Balaban J connectivity index is 4.32. The lowest BCUT2D eigenvalue weighted by Gasteiger charge is -2.08. The second-order valence-corrected chi connectivity index (χ2v) is 1.88. The molecule has 9 heavy (non-hydrogen) atoms. The van der Waals surface area contributed by atoms with Crippen molar-refractivity contribution < 1.29 is 9.90 Å². The first-order valence-corrected chi connectivity index (χ1v) is 2.47. The maximum atomic E-state index is 10.2. The molecule has 3 heteroatoms. The second-order valence-electron chi connectivity index (χ2n) is 1.88. The van der Waals surface area contributed by atoms with Gasteiger partial charge in [-0.15, -0.1) is 5.92 Å². The van der Waals surface area contributed by atoms with Crippen LogP contribution in [-0.4, -0.2) is 16.6 Å². The average molecular weight is 127 g/mol. The van der Waals surface area contributed by atoms with E-state index in [-0.39, 0.29) is 0 Å². The number of rotatable bonds is 1. The predicted molar refractivity (Wildman–Crippen MR) is 33.7 cm³/mol. The van der Waals surface area contributed by atoms with Crippen LogP contribution in [0.3, 0.4) is 0 Å². The van der Waals surface area contributed by atoms with Gasteiger partial charge in [-0.25, -0.2) is 4.79 Å². The topological polar surface area (TPSA) is 63.3 Å². The largest absolute Gasteiger partial charge is 0.479 e. The fourth-order valence-corrected chi connectivity index (χ4v) is 0.313. The third-order valence-electron chi connectivity index (χ3n) is 0.829. The minimum absolute atomic E-state index is 1.10. The van der Waals surface area contributed by atoms with Crippen LogP contribution >= 0.6 is 0 Å². The fraction of sp³-hybridized carbons (Fsp3) is 0.500. The van der Waals surface area contributed by atoms with Gasteiger partial charge in [0.2, 0.25) is 0 Å². The molecule has 0 radical (unpaired) electrons. The molecule has 0 saturated heterocycles. The highest BCUT2D eigenvalue weighted by Crippen LogP contribution is 1.94. The standard InChI is InChI=1S/C6H9NO2/c1-3-4-6(2,7)5(8)9/h7H2,1-2H3,(H,8,9). The molecule has 0 aromatic rings. The molecule has 3 nitrogen and oxygen atoms in total. The van der Waals surface area contributed by atoms with Crippen LogP contribution in [0.5, 0.6) is 0 Å². The van der Waals surface area contributed by atoms with Crippen molar-refractivity contribution in [3.8, 4) is 11.8 Å². The summed E-state index contributed by atoms with van der Waals surface area (Å²) in [6.45, 7) is 2.90. The average Bonchev–Trinajstić information content (AvgIpc) is 1.65. The molecule has 0 aromatic heterocycles. The van der Waals surface area contributed by atoms with Gasteiger partial charge in [-0.05, 0) is 13.8 Å². The van der Waals surface area contributed by atoms with Gasteiger partial charge < -0.3 is 10.8 Å². The van der Waals surface area contributed by atoms with Gasteiger partial charge in [0.1, 0.15) is 0 Å². The lowest BCUT2D eigenvalue weighted by atomic mass is 10.1. The Bertz CT molecular complexity index is 173. The number of hydrogen-bond donors (Lipinski definition) is 2. The van der Waals surface area contributed by atoms with Crippen molar-refractivity contribution in [2.75, 3.05) is 0 Å². The first-order valence-electron chi connectivity index (χ1n) is 2.47. The zero-order chi connectivity index (χ0) is 7.49. The van der Waals surface area contributed by atoms with Crippen LogP contribution in [0.2, 0.25) is 0 Å². The zero-order valence-electron chi connectivity index (χ0n) is 5.43. The van der Waals surface area contributed by atoms with Crippen LogP contribution < -0.4 is 5.73 Å². The van der Waals surface area contributed by atoms with Gasteiger partial charge in [0.25, 0.3) is 0 Å². The van der Waals surface area contributed by atoms with E-state index in [2.05, 4.69) is 11.8 Å². The van der Waals surface area contributed by atoms with E-state index in [0.717, 1.165) is 0 Å². The molecule has 0 rings (SSSR count). The summed E-state index contributed by atoms with van der Waals surface area (Å²) >= 11 is 0. The Morgan fingerprint density at radius 1 is 1.78 bits per heavy atom. The summed E-state index contributed by atoms with van der Waals surface area (Å²) in [6.07, 6.45) is 0. The molecule has 0 fully saturated rings. The summed E-state index contributed by atoms with van der Waals surface area (Å²) in [7, 11) is 0. The molecular formula is C6H9NO2. The Morgan fingerprint density at radius 2 is 2.22 bits per heavy atom. The monoisotopic (exact) mass is 127 g/mol. The van der Waals surface area contributed by atoms with Crippen molar-refractivity contribution in [1.82, 2.24) is 0 Å². The number of carbonyl (C=O) groups is 1. The van der Waals surface area contributed by atoms with E-state index in [1.54, 1.807) is 6.92 Å². The minimum Gasteiger partial charge on any atom is -0.479 e. The van der Waals surface area contributed by atoms with Crippen molar-refractivity contribution in [2.24, 2.45) is 5.73 Å². The van der Waals surface area contributed by atoms with Gasteiger partial charge in [-0.3, -0.25) is 0 Å². The molecule has 0 aliphatic carbocycles. The van der Waals surface area contributed by atoms with Gasteiger partial charge in [0, 0.05) is 0 Å². The summed E-state index contributed by atoms with van der Waals surface area (Å²) in [4.78, 5) is 10.2. The summed E-state index contributed by atoms with van der Waals surface area (Å²) in [5.41, 5.74) is 3.80. The lowest BCUT2D eigenvalue weighted by Crippen LogP contribution is -2.43. The Hall–Kier alpha value is -1.01. The summed E-state index contributed by atoms with van der Waals surface area (Å²) in [5, 5.41) is 8.34. The highest BCUT2D eigenvalue weighted by Gasteiger charge is 2.24. The third kappa shape index (κ3) is 2.15. The molecule has 50 valence electrons. The predicted octanol–water partition coefficient (Wildman–Crippen LogP) is -0.188. The quantitative estimate of drug-likeness (QED) is 0.480. The molecule has 0 heterocycles. The molecule has 0 spiro atoms. The van der Waals surface area contributed by atoms with Gasteiger partial charge in [0.15, 0.2) is 5.54 Å². The first kappa shape index (κ1) is 7.99. The lowest BCUT2D eigenvalue weighted by molar-refractivity contribution is -0.140. The summed E-state index contributed by atoms with van der Waals surface area (Å²) < 4.78 is 0. The van der Waals surface area contributed by atoms with E-state index in [9.17, 15) is 4.79 Å². The van der Waals surface area contributed by atoms with E-state index in [1.807, 2.05) is 0 Å². The van der Waals surface area contributed by atoms with Crippen molar-refractivity contribution in [3.05, 3.63) is 0 Å². The Labute approximate surface area is 53.9 Å². The first-order chi connectivity index (χ1) is 4.00. The maximum Gasteiger partial charge on any atom is 0.335 e. The molecule has 0 aromatic carbocycles. The Morgan fingerprint density at radius 3 is 2.33 bits per heavy atom. The van der Waals surface area contributed by atoms with Gasteiger partial charge in [-0.1, -0.05) is 5.92 Å². The molecule has 1 atom stereocenters. The smallest absolute Gasteiger partial charge is 0.335 e.